The van der Waals surface area contributed by atoms with E-state index in [-0.39, 0.29) is 12.5 Å². The fourth-order valence-corrected chi connectivity index (χ4v) is 4.43. The summed E-state index contributed by atoms with van der Waals surface area (Å²) in [5.74, 6) is -0.122. The van der Waals surface area contributed by atoms with E-state index in [0.717, 1.165) is 43.9 Å². The van der Waals surface area contributed by atoms with Crippen LogP contribution in [0, 0.1) is 6.92 Å². The number of nitrogens with one attached hydrogen (secondary N) is 1. The van der Waals surface area contributed by atoms with E-state index in [2.05, 4.69) is 42.5 Å². The Morgan fingerprint density at radius 1 is 1.32 bits per heavy atom. The van der Waals surface area contributed by atoms with Crippen LogP contribution in [-0.4, -0.2) is 30.5 Å². The summed E-state index contributed by atoms with van der Waals surface area (Å²) in [5.41, 5.74) is 3.62. The summed E-state index contributed by atoms with van der Waals surface area (Å²) in [5, 5.41) is 14.8. The first-order valence-electron chi connectivity index (χ1n) is 8.91. The Labute approximate surface area is 174 Å². The summed E-state index contributed by atoms with van der Waals surface area (Å²) in [4.78, 5) is 18.2. The first kappa shape index (κ1) is 18.8. The van der Waals surface area contributed by atoms with Crippen molar-refractivity contribution >= 4 is 44.2 Å². The molecule has 7 nitrogen and oxygen atoms in total. The third-order valence-corrected chi connectivity index (χ3v) is 6.10. The molecule has 0 aliphatic heterocycles. The molecule has 4 aromatic rings. The third-order valence-electron chi connectivity index (χ3n) is 4.54. The minimum Gasteiger partial charge on any atom is -0.349 e. The molecule has 4 rings (SSSR count). The Bertz CT molecular complexity index is 1130. The van der Waals surface area contributed by atoms with Crippen LogP contribution in [0.3, 0.4) is 0 Å². The molecule has 0 radical (unpaired) electrons. The minimum atomic E-state index is -0.122. The summed E-state index contributed by atoms with van der Waals surface area (Å²) >= 11 is 5.15. The number of hydrogen-bond donors (Lipinski definition) is 1. The van der Waals surface area contributed by atoms with Crippen molar-refractivity contribution in [3.8, 4) is 10.4 Å². The first-order valence-corrected chi connectivity index (χ1v) is 10.6. The predicted molar refractivity (Wildman–Crippen MR) is 113 cm³/mol. The topological polar surface area (TPSA) is 77.6 Å². The maximum Gasteiger partial charge on any atom is 0.242 e. The highest BCUT2D eigenvalue weighted by molar-refractivity contribution is 9.10. The number of nitrogens with zero attached hydrogens (tertiary/aromatic N) is 5. The fraction of sp³-hybridized carbons (Fsp3) is 0.263. The van der Waals surface area contributed by atoms with Crippen molar-refractivity contribution in [3.05, 3.63) is 51.8 Å². The van der Waals surface area contributed by atoms with E-state index < -0.39 is 0 Å². The second kappa shape index (κ2) is 7.84. The number of amides is 1. The molecule has 0 saturated heterocycles. The number of halogens is 1. The standard InChI is InChI=1S/C19H19BrN6OS/c1-3-25-15(14(20)9-23-25)10-22-17(27)11-26-19-18(12(2)24-26)13(6-7-21-19)16-5-4-8-28-16/h4-9H,3,10-11H2,1-2H3,(H,22,27). The van der Waals surface area contributed by atoms with Gasteiger partial charge in [-0.1, -0.05) is 6.07 Å². The summed E-state index contributed by atoms with van der Waals surface area (Å²) in [6.07, 6.45) is 3.51. The number of aryl methyl sites for hydroxylation is 2. The minimum absolute atomic E-state index is 0.114. The largest absolute Gasteiger partial charge is 0.349 e. The van der Waals surface area contributed by atoms with Gasteiger partial charge in [-0.2, -0.15) is 10.2 Å². The summed E-state index contributed by atoms with van der Waals surface area (Å²) in [7, 11) is 0. The average molecular weight is 459 g/mol. The SMILES string of the molecule is CCn1ncc(Br)c1CNC(=O)Cn1nc(C)c2c(-c3cccs3)ccnc21. The molecule has 144 valence electrons. The zero-order valence-corrected chi connectivity index (χ0v) is 17.9. The van der Waals surface area contributed by atoms with Gasteiger partial charge in [0.05, 0.1) is 34.0 Å². The number of fused-ring (bicyclic) bond motifs is 1. The molecule has 1 N–H and O–H groups in total. The van der Waals surface area contributed by atoms with Crippen molar-refractivity contribution in [2.24, 2.45) is 0 Å². The van der Waals surface area contributed by atoms with Gasteiger partial charge in [0.1, 0.15) is 6.54 Å². The van der Waals surface area contributed by atoms with Gasteiger partial charge in [-0.3, -0.25) is 9.48 Å². The van der Waals surface area contributed by atoms with Crippen molar-refractivity contribution in [1.29, 1.82) is 0 Å². The molecule has 0 bridgehead atoms. The van der Waals surface area contributed by atoms with Crippen LogP contribution >= 0.6 is 27.3 Å². The van der Waals surface area contributed by atoms with E-state index in [4.69, 9.17) is 0 Å². The highest BCUT2D eigenvalue weighted by Gasteiger charge is 2.17. The van der Waals surface area contributed by atoms with Gasteiger partial charge >= 0.3 is 0 Å². The van der Waals surface area contributed by atoms with Crippen molar-refractivity contribution < 1.29 is 4.79 Å². The number of aromatic nitrogens is 5. The van der Waals surface area contributed by atoms with Gasteiger partial charge in [-0.15, -0.1) is 11.3 Å². The molecule has 0 aromatic carbocycles. The van der Waals surface area contributed by atoms with E-state index >= 15 is 0 Å². The smallest absolute Gasteiger partial charge is 0.242 e. The highest BCUT2D eigenvalue weighted by atomic mass is 79.9. The average Bonchev–Trinajstić information content (AvgIpc) is 3.41. The number of rotatable bonds is 6. The Morgan fingerprint density at radius 2 is 2.18 bits per heavy atom. The maximum absolute atomic E-state index is 12.5. The first-order chi connectivity index (χ1) is 13.6. The predicted octanol–water partition coefficient (Wildman–Crippen LogP) is 3.76. The van der Waals surface area contributed by atoms with E-state index in [1.807, 2.05) is 36.0 Å². The lowest BCUT2D eigenvalue weighted by molar-refractivity contribution is -0.122. The Morgan fingerprint density at radius 3 is 2.93 bits per heavy atom. The molecule has 28 heavy (non-hydrogen) atoms. The summed E-state index contributed by atoms with van der Waals surface area (Å²) in [6.45, 7) is 5.23. The van der Waals surface area contributed by atoms with Gasteiger partial charge in [0, 0.05) is 23.2 Å². The lowest BCUT2D eigenvalue weighted by Gasteiger charge is -2.08. The van der Waals surface area contributed by atoms with Gasteiger partial charge in [0.25, 0.3) is 0 Å². The van der Waals surface area contributed by atoms with Crippen LogP contribution < -0.4 is 5.32 Å². The Hall–Kier alpha value is -2.52. The van der Waals surface area contributed by atoms with E-state index in [0.29, 0.717) is 6.54 Å². The van der Waals surface area contributed by atoms with E-state index in [9.17, 15) is 4.79 Å². The van der Waals surface area contributed by atoms with Crippen molar-refractivity contribution in [2.45, 2.75) is 33.5 Å². The number of hydrogen-bond acceptors (Lipinski definition) is 5. The zero-order chi connectivity index (χ0) is 19.7. The second-order valence-corrected chi connectivity index (χ2v) is 8.11. The number of pyridine rings is 1. The molecule has 4 aromatic heterocycles. The Balaban J connectivity index is 1.56. The van der Waals surface area contributed by atoms with Crippen LogP contribution in [0.25, 0.3) is 21.5 Å². The molecule has 0 aliphatic carbocycles. The van der Waals surface area contributed by atoms with Crippen LogP contribution in [0.1, 0.15) is 18.3 Å². The van der Waals surface area contributed by atoms with Crippen LogP contribution in [0.2, 0.25) is 0 Å². The number of carbonyl (C=O) groups excluding carboxylic acids is 1. The monoisotopic (exact) mass is 458 g/mol. The van der Waals surface area contributed by atoms with Crippen LogP contribution in [0.15, 0.2) is 40.4 Å². The van der Waals surface area contributed by atoms with Crippen LogP contribution in [0.4, 0.5) is 0 Å². The van der Waals surface area contributed by atoms with Crippen molar-refractivity contribution in [3.63, 3.8) is 0 Å². The lowest BCUT2D eigenvalue weighted by atomic mass is 10.1. The third kappa shape index (κ3) is 3.47. The molecule has 0 spiro atoms. The van der Waals surface area contributed by atoms with Gasteiger partial charge < -0.3 is 5.32 Å². The quantitative estimate of drug-likeness (QED) is 0.476. The van der Waals surface area contributed by atoms with Gasteiger partial charge in [0.2, 0.25) is 5.91 Å². The second-order valence-electron chi connectivity index (χ2n) is 6.31. The molecular weight excluding hydrogens is 440 g/mol. The fourth-order valence-electron chi connectivity index (χ4n) is 3.24. The van der Waals surface area contributed by atoms with Crippen LogP contribution in [-0.2, 0) is 24.4 Å². The molecule has 0 atom stereocenters. The lowest BCUT2D eigenvalue weighted by Crippen LogP contribution is -2.28. The summed E-state index contributed by atoms with van der Waals surface area (Å²) < 4.78 is 4.41. The molecule has 1 amide bonds. The molecule has 0 saturated carbocycles. The van der Waals surface area contributed by atoms with E-state index in [1.165, 1.54) is 0 Å². The van der Waals surface area contributed by atoms with Crippen molar-refractivity contribution in [2.75, 3.05) is 0 Å². The normalized spacial score (nSPS) is 11.2. The molecule has 4 heterocycles. The maximum atomic E-state index is 12.5. The van der Waals surface area contributed by atoms with E-state index in [1.54, 1.807) is 28.4 Å². The number of thiophene rings is 1. The number of carbonyl (C=O) groups is 1. The molecule has 0 fully saturated rings. The van der Waals surface area contributed by atoms with Crippen LogP contribution in [0.5, 0.6) is 0 Å². The molecule has 0 unspecified atom stereocenters. The van der Waals surface area contributed by atoms with Crippen molar-refractivity contribution in [1.82, 2.24) is 29.9 Å². The highest BCUT2D eigenvalue weighted by Crippen LogP contribution is 2.32. The summed E-state index contributed by atoms with van der Waals surface area (Å²) in [6, 6.07) is 6.10. The Kier molecular flexibility index (Phi) is 5.27. The molecule has 0 aliphatic rings. The zero-order valence-electron chi connectivity index (χ0n) is 15.5. The van der Waals surface area contributed by atoms with Gasteiger partial charge in [-0.05, 0) is 47.3 Å². The van der Waals surface area contributed by atoms with Gasteiger partial charge in [0.15, 0.2) is 5.65 Å². The molecular formula is C19H19BrN6OS. The molecule has 9 heteroatoms. The van der Waals surface area contributed by atoms with Gasteiger partial charge in [-0.25, -0.2) is 9.67 Å².